The molecule has 1 aromatic heterocycles. The van der Waals surface area contributed by atoms with E-state index >= 15 is 0 Å². The monoisotopic (exact) mass is 318 g/mol. The van der Waals surface area contributed by atoms with E-state index in [1.807, 2.05) is 24.4 Å². The molecule has 0 saturated carbocycles. The number of nitrogens with zero attached hydrogens (tertiary/aromatic N) is 2. The summed E-state index contributed by atoms with van der Waals surface area (Å²) in [6.07, 6.45) is 0.00784. The Labute approximate surface area is 135 Å². The van der Waals surface area contributed by atoms with Crippen LogP contribution in [0.5, 0.6) is 0 Å². The number of thiazole rings is 1. The SMILES string of the molecule is COC(C)c1nc(CN=C(N)Nc2cc(C)cc(C)c2)cs1. The molecule has 0 aliphatic rings. The molecule has 1 atom stereocenters. The van der Waals surface area contributed by atoms with Crippen molar-refractivity contribution in [1.29, 1.82) is 0 Å². The number of methoxy groups -OCH3 is 1. The zero-order valence-corrected chi connectivity index (χ0v) is 14.2. The van der Waals surface area contributed by atoms with Gasteiger partial charge in [-0.2, -0.15) is 0 Å². The van der Waals surface area contributed by atoms with Gasteiger partial charge >= 0.3 is 0 Å². The fourth-order valence-electron chi connectivity index (χ4n) is 2.08. The van der Waals surface area contributed by atoms with Crippen LogP contribution >= 0.6 is 11.3 Å². The molecule has 0 aliphatic carbocycles. The molecule has 3 N–H and O–H groups in total. The second-order valence-electron chi connectivity index (χ2n) is 5.26. The first-order valence-electron chi connectivity index (χ1n) is 7.10. The topological polar surface area (TPSA) is 72.5 Å². The number of rotatable bonds is 5. The maximum atomic E-state index is 5.94. The molecular formula is C16H22N4OS. The Morgan fingerprint density at radius 3 is 2.68 bits per heavy atom. The largest absolute Gasteiger partial charge is 0.375 e. The first kappa shape index (κ1) is 16.5. The van der Waals surface area contributed by atoms with Gasteiger partial charge in [-0.25, -0.2) is 9.98 Å². The Morgan fingerprint density at radius 1 is 1.36 bits per heavy atom. The number of guanidine groups is 1. The van der Waals surface area contributed by atoms with Gasteiger partial charge in [-0.1, -0.05) is 6.07 Å². The highest BCUT2D eigenvalue weighted by Crippen LogP contribution is 2.20. The first-order chi connectivity index (χ1) is 10.5. The lowest BCUT2D eigenvalue weighted by atomic mass is 10.1. The van der Waals surface area contributed by atoms with Crippen molar-refractivity contribution in [3.63, 3.8) is 0 Å². The Kier molecular flexibility index (Phi) is 5.51. The van der Waals surface area contributed by atoms with Crippen molar-refractivity contribution in [2.24, 2.45) is 10.7 Å². The molecule has 2 aromatic rings. The minimum atomic E-state index is 0.00784. The second kappa shape index (κ2) is 7.38. The Balaban J connectivity index is 1.99. The van der Waals surface area contributed by atoms with Crippen molar-refractivity contribution in [3.8, 4) is 0 Å². The van der Waals surface area contributed by atoms with Crippen LogP contribution in [-0.4, -0.2) is 18.1 Å². The van der Waals surface area contributed by atoms with E-state index < -0.39 is 0 Å². The number of ether oxygens (including phenoxy) is 1. The van der Waals surface area contributed by atoms with Crippen molar-refractivity contribution in [3.05, 3.63) is 45.4 Å². The standard InChI is InChI=1S/C16H22N4OS/c1-10-5-11(2)7-13(6-10)20-16(17)18-8-14-9-22-15(19-14)12(3)21-4/h5-7,9,12H,8H2,1-4H3,(H3,17,18,20). The van der Waals surface area contributed by atoms with Gasteiger partial charge in [0.05, 0.1) is 12.2 Å². The van der Waals surface area contributed by atoms with Gasteiger partial charge in [0.15, 0.2) is 5.96 Å². The van der Waals surface area contributed by atoms with Crippen molar-refractivity contribution in [1.82, 2.24) is 4.98 Å². The lowest BCUT2D eigenvalue weighted by molar-refractivity contribution is 0.119. The Hall–Kier alpha value is -1.92. The van der Waals surface area contributed by atoms with Crippen molar-refractivity contribution in [2.45, 2.75) is 33.4 Å². The van der Waals surface area contributed by atoms with E-state index in [9.17, 15) is 0 Å². The van der Waals surface area contributed by atoms with Gasteiger partial charge in [0.1, 0.15) is 11.1 Å². The fraction of sp³-hybridized carbons (Fsp3) is 0.375. The summed E-state index contributed by atoms with van der Waals surface area (Å²) in [5, 5.41) is 6.05. The number of aryl methyl sites for hydroxylation is 2. The third-order valence-electron chi connectivity index (χ3n) is 3.18. The van der Waals surface area contributed by atoms with E-state index in [-0.39, 0.29) is 6.10 Å². The van der Waals surface area contributed by atoms with Crippen LogP contribution in [0, 0.1) is 13.8 Å². The van der Waals surface area contributed by atoms with E-state index in [0.29, 0.717) is 12.5 Å². The van der Waals surface area contributed by atoms with Crippen molar-refractivity contribution in [2.75, 3.05) is 12.4 Å². The molecule has 0 fully saturated rings. The maximum absolute atomic E-state index is 5.94. The van der Waals surface area contributed by atoms with Crippen LogP contribution in [0.3, 0.4) is 0 Å². The third kappa shape index (κ3) is 4.54. The molecule has 0 aliphatic heterocycles. The molecule has 22 heavy (non-hydrogen) atoms. The molecule has 1 unspecified atom stereocenters. The van der Waals surface area contributed by atoms with E-state index in [0.717, 1.165) is 16.4 Å². The highest BCUT2D eigenvalue weighted by molar-refractivity contribution is 7.09. The fourth-order valence-corrected chi connectivity index (χ4v) is 2.93. The molecule has 1 heterocycles. The number of anilines is 1. The van der Waals surface area contributed by atoms with Crippen LogP contribution in [0.15, 0.2) is 28.6 Å². The van der Waals surface area contributed by atoms with Crippen LogP contribution in [-0.2, 0) is 11.3 Å². The number of nitrogens with two attached hydrogens (primary N) is 1. The molecule has 6 heteroatoms. The number of benzene rings is 1. The quantitative estimate of drug-likeness (QED) is 0.654. The number of hydrogen-bond acceptors (Lipinski definition) is 4. The Morgan fingerprint density at radius 2 is 2.05 bits per heavy atom. The van der Waals surface area contributed by atoms with Crippen LogP contribution in [0.25, 0.3) is 0 Å². The first-order valence-corrected chi connectivity index (χ1v) is 7.98. The highest BCUT2D eigenvalue weighted by Gasteiger charge is 2.09. The lowest BCUT2D eigenvalue weighted by Crippen LogP contribution is -2.22. The predicted molar refractivity (Wildman–Crippen MR) is 92.4 cm³/mol. The normalized spacial score (nSPS) is 13.2. The molecule has 5 nitrogen and oxygen atoms in total. The molecule has 0 bridgehead atoms. The zero-order chi connectivity index (χ0) is 16.1. The maximum Gasteiger partial charge on any atom is 0.193 e. The summed E-state index contributed by atoms with van der Waals surface area (Å²) in [5.74, 6) is 0.388. The van der Waals surface area contributed by atoms with E-state index in [4.69, 9.17) is 10.5 Å². The summed E-state index contributed by atoms with van der Waals surface area (Å²) in [6.45, 7) is 6.54. The summed E-state index contributed by atoms with van der Waals surface area (Å²) < 4.78 is 5.25. The lowest BCUT2D eigenvalue weighted by Gasteiger charge is -2.07. The molecule has 0 spiro atoms. The van der Waals surface area contributed by atoms with Gasteiger partial charge in [0.25, 0.3) is 0 Å². The van der Waals surface area contributed by atoms with Gasteiger partial charge in [-0.05, 0) is 44.0 Å². The smallest absolute Gasteiger partial charge is 0.193 e. The average Bonchev–Trinajstić information content (AvgIpc) is 2.92. The minimum Gasteiger partial charge on any atom is -0.375 e. The van der Waals surface area contributed by atoms with Crippen LogP contribution in [0.4, 0.5) is 5.69 Å². The number of aliphatic imine (C=N–C) groups is 1. The number of nitrogens with one attached hydrogen (secondary N) is 1. The van der Waals surface area contributed by atoms with Crippen molar-refractivity contribution >= 4 is 23.0 Å². The number of hydrogen-bond donors (Lipinski definition) is 2. The Bertz CT molecular complexity index is 646. The third-order valence-corrected chi connectivity index (χ3v) is 4.23. The molecule has 0 amide bonds. The van der Waals surface area contributed by atoms with Gasteiger partial charge in [-0.15, -0.1) is 11.3 Å². The molecule has 0 radical (unpaired) electrons. The van der Waals surface area contributed by atoms with Gasteiger partial charge < -0.3 is 15.8 Å². The van der Waals surface area contributed by atoms with Gasteiger partial charge in [0.2, 0.25) is 0 Å². The molecule has 118 valence electrons. The summed E-state index contributed by atoms with van der Waals surface area (Å²) >= 11 is 1.58. The second-order valence-corrected chi connectivity index (χ2v) is 6.15. The zero-order valence-electron chi connectivity index (χ0n) is 13.4. The average molecular weight is 318 g/mol. The molecule has 1 aromatic carbocycles. The molecular weight excluding hydrogens is 296 g/mol. The summed E-state index contributed by atoms with van der Waals surface area (Å²) in [5.41, 5.74) is 10.2. The van der Waals surface area contributed by atoms with E-state index in [1.54, 1.807) is 18.4 Å². The predicted octanol–water partition coefficient (Wildman–Crippen LogP) is 3.39. The summed E-state index contributed by atoms with van der Waals surface area (Å²) in [6, 6.07) is 6.19. The number of aromatic nitrogens is 1. The van der Waals surface area contributed by atoms with E-state index in [1.165, 1.54) is 11.1 Å². The van der Waals surface area contributed by atoms with Gasteiger partial charge in [0, 0.05) is 18.2 Å². The van der Waals surface area contributed by atoms with Crippen LogP contribution < -0.4 is 11.1 Å². The van der Waals surface area contributed by atoms with Crippen molar-refractivity contribution < 1.29 is 4.74 Å². The van der Waals surface area contributed by atoms with Crippen LogP contribution in [0.1, 0.15) is 34.9 Å². The summed E-state index contributed by atoms with van der Waals surface area (Å²) in [4.78, 5) is 8.83. The molecule has 2 rings (SSSR count). The van der Waals surface area contributed by atoms with Gasteiger partial charge in [-0.3, -0.25) is 0 Å². The molecule has 0 saturated heterocycles. The minimum absolute atomic E-state index is 0.00784. The van der Waals surface area contributed by atoms with E-state index in [2.05, 4.69) is 35.2 Å². The van der Waals surface area contributed by atoms with Crippen LogP contribution in [0.2, 0.25) is 0 Å². The summed E-state index contributed by atoms with van der Waals surface area (Å²) in [7, 11) is 1.68. The highest BCUT2D eigenvalue weighted by atomic mass is 32.1.